The second kappa shape index (κ2) is 7.03. The third-order valence-corrected chi connectivity index (χ3v) is 4.71. The van der Waals surface area contributed by atoms with Gasteiger partial charge in [-0.3, -0.25) is 0 Å². The number of sulfonamides is 2. The molecule has 120 valence electrons. The first kappa shape index (κ1) is 21.0. The number of ether oxygens (including phenoxy) is 1. The predicted octanol–water partition coefficient (Wildman–Crippen LogP) is -0.188. The first-order valence-electron chi connectivity index (χ1n) is 4.92. The van der Waals surface area contributed by atoms with Crippen LogP contribution in [0.15, 0.2) is 28.5 Å². The number of primary sulfonamides is 2. The van der Waals surface area contributed by atoms with E-state index in [4.69, 9.17) is 10.3 Å². The summed E-state index contributed by atoms with van der Waals surface area (Å²) in [7, 11) is -9.25. The fourth-order valence-electron chi connectivity index (χ4n) is 1.23. The molecule has 0 atom stereocenters. The van der Waals surface area contributed by atoms with Crippen molar-refractivity contribution in [1.29, 1.82) is 0 Å². The molecule has 0 aromatic heterocycles. The Morgan fingerprint density at radius 2 is 1.41 bits per heavy atom. The van der Waals surface area contributed by atoms with Crippen LogP contribution in [0.1, 0.15) is 5.56 Å². The molecule has 13 heteroatoms. The molecule has 0 saturated heterocycles. The fraction of sp³-hybridized carbons (Fsp3) is 0.111. The molecule has 4 N–H and O–H groups in total. The predicted molar refractivity (Wildman–Crippen MR) is 74.5 cm³/mol. The summed E-state index contributed by atoms with van der Waals surface area (Å²) in [6.45, 7) is 0. The van der Waals surface area contributed by atoms with E-state index in [1.54, 1.807) is 0 Å². The van der Waals surface area contributed by atoms with Gasteiger partial charge in [-0.2, -0.15) is 0 Å². The Labute approximate surface area is 136 Å². The van der Waals surface area contributed by atoms with Crippen molar-refractivity contribution in [3.63, 3.8) is 0 Å². The molecule has 0 amide bonds. The first-order chi connectivity index (χ1) is 9.29. The standard InChI is InChI=1S/C9H9F3N2O5S2.Li.H/c10-9(11,12)19-7-3-1-6(2-4-7)5-8(20(13,15)16)21(14,17)18;;/h1-5H,(H2,13,15,16)(H2,14,17,18);;. The van der Waals surface area contributed by atoms with Crippen LogP contribution < -0.4 is 15.0 Å². The van der Waals surface area contributed by atoms with Crippen molar-refractivity contribution < 1.29 is 34.7 Å². The van der Waals surface area contributed by atoms with Crippen molar-refractivity contribution in [1.82, 2.24) is 0 Å². The number of alkyl halides is 3. The second-order valence-electron chi connectivity index (χ2n) is 3.67. The number of nitrogens with two attached hydrogens (primary N) is 2. The molecule has 0 unspecified atom stereocenters. The molecular weight excluding hydrogens is 344 g/mol. The Kier molecular flexibility index (Phi) is 6.70. The van der Waals surface area contributed by atoms with Crippen LogP contribution in [0.3, 0.4) is 0 Å². The van der Waals surface area contributed by atoms with E-state index in [1.165, 1.54) is 0 Å². The van der Waals surface area contributed by atoms with Gasteiger partial charge >= 0.3 is 25.2 Å². The Morgan fingerprint density at radius 1 is 1.00 bits per heavy atom. The summed E-state index contributed by atoms with van der Waals surface area (Å²) in [6, 6.07) is 3.72. The van der Waals surface area contributed by atoms with E-state index in [1.807, 2.05) is 0 Å². The zero-order valence-corrected chi connectivity index (χ0v) is 11.7. The maximum absolute atomic E-state index is 11.9. The van der Waals surface area contributed by atoms with Crippen molar-refractivity contribution in [3.05, 3.63) is 34.1 Å². The van der Waals surface area contributed by atoms with Crippen molar-refractivity contribution in [2.24, 2.45) is 10.3 Å². The second-order valence-corrected chi connectivity index (χ2v) is 6.99. The molecule has 0 spiro atoms. The van der Waals surface area contributed by atoms with Crippen LogP contribution in [0.5, 0.6) is 5.75 Å². The zero-order valence-electron chi connectivity index (χ0n) is 10.0. The van der Waals surface area contributed by atoms with Crippen LogP contribution in [0.25, 0.3) is 6.08 Å². The van der Waals surface area contributed by atoms with Gasteiger partial charge in [-0.05, 0) is 23.8 Å². The van der Waals surface area contributed by atoms with E-state index >= 15 is 0 Å². The van der Waals surface area contributed by atoms with Gasteiger partial charge in [0.1, 0.15) is 5.75 Å². The van der Waals surface area contributed by atoms with E-state index < -0.39 is 36.4 Å². The summed E-state index contributed by atoms with van der Waals surface area (Å²) < 4.78 is 82.6. The fourth-order valence-corrected chi connectivity index (χ4v) is 3.12. The topological polar surface area (TPSA) is 130 Å². The van der Waals surface area contributed by atoms with Gasteiger partial charge in [-0.1, -0.05) is 12.1 Å². The molecule has 0 aliphatic rings. The molecule has 0 fully saturated rings. The van der Waals surface area contributed by atoms with Gasteiger partial charge in [0.15, 0.2) is 4.24 Å². The number of hydrogen-bond acceptors (Lipinski definition) is 5. The Balaban J connectivity index is 0.00000441. The minimum absolute atomic E-state index is 0. The molecule has 0 bridgehead atoms. The molecule has 1 rings (SSSR count). The van der Waals surface area contributed by atoms with Gasteiger partial charge in [-0.25, -0.2) is 27.1 Å². The average Bonchev–Trinajstić information content (AvgIpc) is 2.22. The third kappa shape index (κ3) is 6.82. The Morgan fingerprint density at radius 3 is 1.73 bits per heavy atom. The van der Waals surface area contributed by atoms with Crippen LogP contribution in [-0.4, -0.2) is 42.1 Å². The van der Waals surface area contributed by atoms with Crippen LogP contribution in [0.4, 0.5) is 13.2 Å². The molecular formula is C9H10F3LiN2O5S2. The van der Waals surface area contributed by atoms with Crippen LogP contribution in [0.2, 0.25) is 0 Å². The van der Waals surface area contributed by atoms with Gasteiger partial charge in [-0.15, -0.1) is 13.2 Å². The molecule has 22 heavy (non-hydrogen) atoms. The zero-order chi connectivity index (χ0) is 16.5. The van der Waals surface area contributed by atoms with Gasteiger partial charge in [0.2, 0.25) is 20.0 Å². The molecule has 0 saturated carbocycles. The molecule has 7 nitrogen and oxygen atoms in total. The van der Waals surface area contributed by atoms with E-state index in [0.29, 0.717) is 6.08 Å². The molecule has 1 aromatic carbocycles. The Bertz CT molecular complexity index is 723. The summed E-state index contributed by atoms with van der Waals surface area (Å²) >= 11 is 0. The van der Waals surface area contributed by atoms with Crippen molar-refractivity contribution in [2.75, 3.05) is 0 Å². The minimum atomic E-state index is -4.89. The van der Waals surface area contributed by atoms with E-state index in [0.717, 1.165) is 24.3 Å². The maximum atomic E-state index is 11.9. The normalized spacial score (nSPS) is 12.2. The molecule has 0 heterocycles. The monoisotopic (exact) mass is 354 g/mol. The number of benzene rings is 1. The number of hydrogen-bond donors (Lipinski definition) is 2. The van der Waals surface area contributed by atoms with Crippen molar-refractivity contribution >= 4 is 45.0 Å². The average molecular weight is 354 g/mol. The summed E-state index contributed by atoms with van der Waals surface area (Å²) in [5.41, 5.74) is -0.0532. The number of halogens is 3. The van der Waals surface area contributed by atoms with Crippen LogP contribution in [0, 0.1) is 0 Å². The first-order valence-corrected chi connectivity index (χ1v) is 8.01. The van der Waals surface area contributed by atoms with Crippen molar-refractivity contribution in [2.45, 2.75) is 6.36 Å². The molecule has 0 aliphatic carbocycles. The number of rotatable bonds is 4. The van der Waals surface area contributed by atoms with E-state index in [9.17, 15) is 30.0 Å². The van der Waals surface area contributed by atoms with Gasteiger partial charge in [0.25, 0.3) is 0 Å². The van der Waals surface area contributed by atoms with Crippen LogP contribution in [-0.2, 0) is 20.0 Å². The van der Waals surface area contributed by atoms with E-state index in [2.05, 4.69) is 4.74 Å². The van der Waals surface area contributed by atoms with Crippen molar-refractivity contribution in [3.8, 4) is 5.75 Å². The summed E-state index contributed by atoms with van der Waals surface area (Å²) in [6.07, 6.45) is -4.27. The quantitative estimate of drug-likeness (QED) is 0.724. The Hall–Kier alpha value is -1.03. The summed E-state index contributed by atoms with van der Waals surface area (Å²) in [5.74, 6) is -0.563. The van der Waals surface area contributed by atoms with Gasteiger partial charge in [0, 0.05) is 0 Å². The summed E-state index contributed by atoms with van der Waals surface area (Å²) in [4.78, 5) is 0. The van der Waals surface area contributed by atoms with Gasteiger partial charge in [0.05, 0.1) is 0 Å². The molecule has 1 aromatic rings. The SMILES string of the molecule is NS(=O)(=O)C(=Cc1ccc(OC(F)(F)F)cc1)S(N)(=O)=O.[LiH]. The van der Waals surface area contributed by atoms with Gasteiger partial charge < -0.3 is 4.74 Å². The molecule has 0 radical (unpaired) electrons. The van der Waals surface area contributed by atoms with Crippen LogP contribution >= 0.6 is 0 Å². The molecule has 0 aliphatic heterocycles. The third-order valence-electron chi connectivity index (χ3n) is 1.96. The van der Waals surface area contributed by atoms with E-state index in [-0.39, 0.29) is 24.4 Å². The summed E-state index contributed by atoms with van der Waals surface area (Å²) in [5, 5.41) is 9.40.